The maximum atomic E-state index is 13.3. The van der Waals surface area contributed by atoms with Gasteiger partial charge >= 0.3 is 5.97 Å². The van der Waals surface area contributed by atoms with Crippen LogP contribution in [0.25, 0.3) is 0 Å². The summed E-state index contributed by atoms with van der Waals surface area (Å²) in [6, 6.07) is 13.9. The number of carbonyl (C=O) groups is 5. The Morgan fingerprint density at radius 3 is 2.09 bits per heavy atom. The first-order valence-electron chi connectivity index (χ1n) is 14.8. The smallest absolute Gasteiger partial charge is 0.326 e. The number of aliphatic carboxylic acids is 1. The fraction of sp³-hybridized carbons (Fsp3) is 0.419. The number of guanidine groups is 1. The second kappa shape index (κ2) is 17.3. The molecule has 0 bridgehead atoms. The number of nitrogens with one attached hydrogen (secondary N) is 3. The summed E-state index contributed by atoms with van der Waals surface area (Å²) in [5, 5.41) is 17.5. The van der Waals surface area contributed by atoms with Gasteiger partial charge in [-0.25, -0.2) is 4.79 Å². The van der Waals surface area contributed by atoms with Crippen LogP contribution in [-0.2, 0) is 36.8 Å². The van der Waals surface area contributed by atoms with Crippen LogP contribution in [0.3, 0.4) is 0 Å². The van der Waals surface area contributed by atoms with Crippen molar-refractivity contribution >= 4 is 35.6 Å². The molecule has 10 N–H and O–H groups in total. The fourth-order valence-corrected chi connectivity index (χ4v) is 5.07. The lowest BCUT2D eigenvalue weighted by atomic mass is 10.0. The highest BCUT2D eigenvalue weighted by atomic mass is 16.4. The van der Waals surface area contributed by atoms with Crippen molar-refractivity contribution in [1.82, 2.24) is 20.9 Å². The quantitative estimate of drug-likeness (QED) is 0.0691. The van der Waals surface area contributed by atoms with Gasteiger partial charge in [0.2, 0.25) is 23.6 Å². The Labute approximate surface area is 261 Å². The molecule has 45 heavy (non-hydrogen) atoms. The molecule has 4 amide bonds. The lowest BCUT2D eigenvalue weighted by Gasteiger charge is -2.27. The molecule has 1 aliphatic rings. The molecule has 242 valence electrons. The average molecular weight is 623 g/mol. The summed E-state index contributed by atoms with van der Waals surface area (Å²) in [5.74, 6) is -3.47. The van der Waals surface area contributed by atoms with E-state index in [0.29, 0.717) is 38.8 Å². The molecule has 4 atom stereocenters. The van der Waals surface area contributed by atoms with Crippen LogP contribution in [-0.4, -0.2) is 89.4 Å². The molecule has 0 unspecified atom stereocenters. The van der Waals surface area contributed by atoms with E-state index in [1.165, 1.54) is 4.90 Å². The molecule has 1 saturated heterocycles. The molecule has 14 nitrogen and oxygen atoms in total. The zero-order valence-electron chi connectivity index (χ0n) is 25.1. The Morgan fingerprint density at radius 1 is 0.911 bits per heavy atom. The first-order valence-corrected chi connectivity index (χ1v) is 14.8. The van der Waals surface area contributed by atoms with Crippen LogP contribution >= 0.6 is 0 Å². The van der Waals surface area contributed by atoms with Crippen molar-refractivity contribution in [2.24, 2.45) is 22.2 Å². The van der Waals surface area contributed by atoms with E-state index in [9.17, 15) is 29.1 Å². The van der Waals surface area contributed by atoms with E-state index in [4.69, 9.17) is 17.2 Å². The van der Waals surface area contributed by atoms with E-state index in [1.54, 1.807) is 54.6 Å². The average Bonchev–Trinajstić information content (AvgIpc) is 3.52. The third-order valence-electron chi connectivity index (χ3n) is 7.38. The van der Waals surface area contributed by atoms with Crippen LogP contribution in [0.5, 0.6) is 0 Å². The van der Waals surface area contributed by atoms with Crippen molar-refractivity contribution in [3.8, 4) is 0 Å². The van der Waals surface area contributed by atoms with Crippen molar-refractivity contribution in [1.29, 1.82) is 0 Å². The number of carbonyl (C=O) groups excluding carboxylic acids is 4. The summed E-state index contributed by atoms with van der Waals surface area (Å²) in [6.45, 7) is 0.236. The van der Waals surface area contributed by atoms with E-state index < -0.39 is 54.4 Å². The Hall–Kier alpha value is -4.98. The summed E-state index contributed by atoms with van der Waals surface area (Å²) in [6.07, 6.45) is 1.99. The number of carboxylic acid groups (broad SMARTS) is 1. The number of nitrogens with two attached hydrogens (primary N) is 3. The molecule has 14 heteroatoms. The van der Waals surface area contributed by atoms with Crippen LogP contribution in [0.1, 0.15) is 36.8 Å². The Balaban J connectivity index is 1.59. The third kappa shape index (κ3) is 11.2. The second-order valence-corrected chi connectivity index (χ2v) is 10.9. The number of likely N-dealkylation sites (tertiary alicyclic amines) is 1. The van der Waals surface area contributed by atoms with Crippen LogP contribution in [0, 0.1) is 0 Å². The molecule has 1 aliphatic heterocycles. The first-order chi connectivity index (χ1) is 21.5. The van der Waals surface area contributed by atoms with E-state index >= 15 is 0 Å². The van der Waals surface area contributed by atoms with Gasteiger partial charge < -0.3 is 43.2 Å². The van der Waals surface area contributed by atoms with Crippen molar-refractivity contribution in [2.75, 3.05) is 19.6 Å². The highest BCUT2D eigenvalue weighted by Crippen LogP contribution is 2.19. The highest BCUT2D eigenvalue weighted by molar-refractivity contribution is 5.94. The largest absolute Gasteiger partial charge is 0.480 e. The first kappa shape index (κ1) is 34.5. The highest BCUT2D eigenvalue weighted by Gasteiger charge is 2.36. The number of carboxylic acids is 1. The van der Waals surface area contributed by atoms with Gasteiger partial charge in [0.05, 0.1) is 12.6 Å². The molecule has 0 aromatic heterocycles. The summed E-state index contributed by atoms with van der Waals surface area (Å²) >= 11 is 0. The van der Waals surface area contributed by atoms with Crippen molar-refractivity contribution in [3.63, 3.8) is 0 Å². The molecule has 0 radical (unpaired) electrons. The van der Waals surface area contributed by atoms with Gasteiger partial charge in [0.15, 0.2) is 5.96 Å². The van der Waals surface area contributed by atoms with Crippen LogP contribution in [0.4, 0.5) is 0 Å². The Morgan fingerprint density at radius 2 is 1.51 bits per heavy atom. The molecule has 2 aromatic rings. The van der Waals surface area contributed by atoms with Crippen LogP contribution < -0.4 is 33.2 Å². The van der Waals surface area contributed by atoms with Gasteiger partial charge in [0, 0.05) is 25.9 Å². The van der Waals surface area contributed by atoms with Gasteiger partial charge in [-0.1, -0.05) is 60.7 Å². The molecular formula is C31H42N8O6. The molecular weight excluding hydrogens is 580 g/mol. The number of nitrogens with zero attached hydrogens (tertiary/aromatic N) is 2. The van der Waals surface area contributed by atoms with Gasteiger partial charge in [-0.3, -0.25) is 24.2 Å². The van der Waals surface area contributed by atoms with Crippen LogP contribution in [0.2, 0.25) is 0 Å². The minimum atomic E-state index is -1.22. The third-order valence-corrected chi connectivity index (χ3v) is 7.38. The maximum Gasteiger partial charge on any atom is 0.326 e. The monoisotopic (exact) mass is 622 g/mol. The molecule has 0 saturated carbocycles. The number of rotatable bonds is 16. The van der Waals surface area contributed by atoms with E-state index in [-0.39, 0.29) is 24.7 Å². The second-order valence-electron chi connectivity index (χ2n) is 10.9. The fourth-order valence-electron chi connectivity index (χ4n) is 5.07. The number of hydrogen-bond donors (Lipinski definition) is 7. The van der Waals surface area contributed by atoms with Crippen LogP contribution in [0.15, 0.2) is 65.7 Å². The van der Waals surface area contributed by atoms with Crippen molar-refractivity contribution in [2.45, 2.75) is 62.7 Å². The Kier molecular flexibility index (Phi) is 13.3. The normalized spacial score (nSPS) is 16.1. The maximum absolute atomic E-state index is 13.3. The Bertz CT molecular complexity index is 1340. The molecule has 1 heterocycles. The van der Waals surface area contributed by atoms with E-state index in [1.807, 2.05) is 6.07 Å². The van der Waals surface area contributed by atoms with E-state index in [0.717, 1.165) is 11.1 Å². The number of amides is 4. The lowest BCUT2D eigenvalue weighted by Crippen LogP contribution is -2.55. The number of aliphatic imine (C=N–C) groups is 1. The summed E-state index contributed by atoms with van der Waals surface area (Å²) < 4.78 is 0. The van der Waals surface area contributed by atoms with Crippen molar-refractivity contribution in [3.05, 3.63) is 71.8 Å². The molecule has 3 rings (SSSR count). The van der Waals surface area contributed by atoms with Crippen molar-refractivity contribution < 1.29 is 29.1 Å². The standard InChI is InChI=1S/C31H42N8O6/c32-22(13-7-15-35-31(33)34)29(43)39-16-8-14-25(39)28(42)36-19-26(40)37-23(17-20-9-3-1-4-10-20)27(41)38-24(30(44)45)18-21-11-5-2-6-12-21/h1-6,9-12,22-25H,7-8,13-19,32H2,(H,36,42)(H,37,40)(H,38,41)(H,44,45)(H4,33,34,35)/t22-,23-,24-,25-/m0/s1. The van der Waals surface area contributed by atoms with Gasteiger partial charge in [0.1, 0.15) is 18.1 Å². The SMILES string of the molecule is NC(N)=NCCC[C@H](N)C(=O)N1CCC[C@H]1C(=O)NCC(=O)N[C@@H](Cc1ccccc1)C(=O)N[C@@H](Cc1ccccc1)C(=O)O. The van der Waals surface area contributed by atoms with Gasteiger partial charge in [-0.2, -0.15) is 0 Å². The zero-order valence-corrected chi connectivity index (χ0v) is 25.1. The predicted octanol–water partition coefficient (Wildman–Crippen LogP) is -0.986. The number of hydrogen-bond acceptors (Lipinski definition) is 7. The zero-order chi connectivity index (χ0) is 32.8. The van der Waals surface area contributed by atoms with Gasteiger partial charge in [0.25, 0.3) is 0 Å². The number of benzene rings is 2. The predicted molar refractivity (Wildman–Crippen MR) is 167 cm³/mol. The molecule has 2 aromatic carbocycles. The van der Waals surface area contributed by atoms with Gasteiger partial charge in [-0.15, -0.1) is 0 Å². The molecule has 0 spiro atoms. The van der Waals surface area contributed by atoms with E-state index in [2.05, 4.69) is 20.9 Å². The molecule has 0 aliphatic carbocycles. The summed E-state index contributed by atoms with van der Waals surface area (Å²) in [5.41, 5.74) is 18.2. The topological polar surface area (TPSA) is 235 Å². The summed E-state index contributed by atoms with van der Waals surface area (Å²) in [7, 11) is 0. The minimum Gasteiger partial charge on any atom is -0.480 e. The van der Waals surface area contributed by atoms with Gasteiger partial charge in [-0.05, 0) is 36.8 Å². The lowest BCUT2D eigenvalue weighted by molar-refractivity contribution is -0.142. The minimum absolute atomic E-state index is 0.0465. The molecule has 1 fully saturated rings. The summed E-state index contributed by atoms with van der Waals surface area (Å²) in [4.78, 5) is 69.4.